The minimum absolute atomic E-state index is 0.250. The third kappa shape index (κ3) is 8.04. The number of rotatable bonds is 7. The molecule has 0 atom stereocenters. The van der Waals surface area contributed by atoms with Crippen molar-refractivity contribution in [2.24, 2.45) is 0 Å². The Kier molecular flexibility index (Phi) is 10.2. The molecule has 2 aromatic carbocycles. The van der Waals surface area contributed by atoms with Gasteiger partial charge in [-0.25, -0.2) is 0 Å². The van der Waals surface area contributed by atoms with Gasteiger partial charge in [0.05, 0.1) is 7.11 Å². The molecule has 0 saturated heterocycles. The molecule has 2 N–H and O–H groups in total. The van der Waals surface area contributed by atoms with E-state index in [0.29, 0.717) is 0 Å². The zero-order chi connectivity index (χ0) is 18.3. The van der Waals surface area contributed by atoms with Crippen LogP contribution in [0.3, 0.4) is 0 Å². The van der Waals surface area contributed by atoms with E-state index in [1.54, 1.807) is 14.0 Å². The molecule has 3 heteroatoms. The van der Waals surface area contributed by atoms with E-state index < -0.39 is 0 Å². The number of aliphatic hydroxyl groups is 1. The summed E-state index contributed by atoms with van der Waals surface area (Å²) in [5.41, 5.74) is 3.35. The second-order valence-corrected chi connectivity index (χ2v) is 5.05. The third-order valence-electron chi connectivity index (χ3n) is 3.25. The van der Waals surface area contributed by atoms with Crippen molar-refractivity contribution in [3.05, 3.63) is 91.0 Å². The van der Waals surface area contributed by atoms with Crippen LogP contribution in [0.1, 0.15) is 12.5 Å². The van der Waals surface area contributed by atoms with Gasteiger partial charge < -0.3 is 15.2 Å². The topological polar surface area (TPSA) is 41.5 Å². The van der Waals surface area contributed by atoms with Gasteiger partial charge in [0, 0.05) is 18.8 Å². The first kappa shape index (κ1) is 20.3. The lowest BCUT2D eigenvalue weighted by Gasteiger charge is -2.04. The summed E-state index contributed by atoms with van der Waals surface area (Å²) in [6.45, 7) is 6.57. The molecule has 25 heavy (non-hydrogen) atoms. The Morgan fingerprint density at radius 2 is 1.76 bits per heavy atom. The first-order valence-electron chi connectivity index (χ1n) is 8.28. The average molecular weight is 337 g/mol. The maximum atomic E-state index is 7.57. The molecular formula is C22H27NO2. The van der Waals surface area contributed by atoms with Gasteiger partial charge in [0.2, 0.25) is 0 Å². The van der Waals surface area contributed by atoms with Crippen LogP contribution >= 0.6 is 0 Å². The summed E-state index contributed by atoms with van der Waals surface area (Å²) in [6, 6.07) is 18.1. The summed E-state index contributed by atoms with van der Waals surface area (Å²) in [5, 5.41) is 10.9. The van der Waals surface area contributed by atoms with Crippen molar-refractivity contribution >= 4 is 11.3 Å². The van der Waals surface area contributed by atoms with Gasteiger partial charge in [0.15, 0.2) is 0 Å². The normalized spacial score (nSPS) is 10.8. The number of hydrogen-bond acceptors (Lipinski definition) is 3. The van der Waals surface area contributed by atoms with E-state index in [9.17, 15) is 0 Å². The quantitative estimate of drug-likeness (QED) is 0.704. The smallest absolute Gasteiger partial charge is 0.119 e. The summed E-state index contributed by atoms with van der Waals surface area (Å²) >= 11 is 0. The molecule has 0 amide bonds. The Balaban J connectivity index is 0.000000970. The molecule has 0 fully saturated rings. The van der Waals surface area contributed by atoms with Crippen LogP contribution in [-0.4, -0.2) is 25.4 Å². The van der Waals surface area contributed by atoms with Gasteiger partial charge in [0.1, 0.15) is 5.75 Å². The van der Waals surface area contributed by atoms with E-state index in [4.69, 9.17) is 9.84 Å². The standard InChI is InChI=1S/C20H21NO.C2H6O/c1-3-17(18-10-5-4-6-11-18)9-7-8-16-21-19-12-14-20(22-2)15-13-19;1-2-3/h3-15,21H,1,16H2,2H3;3H,2H2,1H3/b8-7+,17-9+;. The number of hydrogen-bond donors (Lipinski definition) is 2. The van der Waals surface area contributed by atoms with Crippen LogP contribution in [0.15, 0.2) is 85.5 Å². The number of aliphatic hydroxyl groups excluding tert-OH is 1. The van der Waals surface area contributed by atoms with Crippen LogP contribution in [0.5, 0.6) is 5.75 Å². The average Bonchev–Trinajstić information content (AvgIpc) is 2.66. The predicted molar refractivity (Wildman–Crippen MR) is 108 cm³/mol. The van der Waals surface area contributed by atoms with Crippen LogP contribution < -0.4 is 10.1 Å². The minimum atomic E-state index is 0.250. The molecule has 2 rings (SSSR count). The lowest BCUT2D eigenvalue weighted by atomic mass is 10.1. The number of anilines is 1. The van der Waals surface area contributed by atoms with E-state index in [-0.39, 0.29) is 6.61 Å². The van der Waals surface area contributed by atoms with Crippen LogP contribution in [0.25, 0.3) is 5.57 Å². The van der Waals surface area contributed by atoms with Crippen molar-refractivity contribution in [2.75, 3.05) is 25.6 Å². The number of allylic oxidation sites excluding steroid dienone is 4. The molecule has 0 saturated carbocycles. The van der Waals surface area contributed by atoms with Crippen molar-refractivity contribution in [3.63, 3.8) is 0 Å². The summed E-state index contributed by atoms with van der Waals surface area (Å²) in [6.07, 6.45) is 8.06. The molecule has 0 aliphatic carbocycles. The van der Waals surface area contributed by atoms with E-state index in [2.05, 4.69) is 36.2 Å². The number of benzene rings is 2. The highest BCUT2D eigenvalue weighted by Crippen LogP contribution is 2.15. The first-order chi connectivity index (χ1) is 12.2. The molecular weight excluding hydrogens is 310 g/mol. The zero-order valence-corrected chi connectivity index (χ0v) is 15.0. The van der Waals surface area contributed by atoms with Crippen LogP contribution in [0.4, 0.5) is 5.69 Å². The van der Waals surface area contributed by atoms with Gasteiger partial charge >= 0.3 is 0 Å². The highest BCUT2D eigenvalue weighted by molar-refractivity contribution is 5.74. The Bertz CT molecular complexity index is 658. The summed E-state index contributed by atoms with van der Waals surface area (Å²) in [4.78, 5) is 0. The lowest BCUT2D eigenvalue weighted by molar-refractivity contribution is 0.318. The maximum Gasteiger partial charge on any atom is 0.119 e. The van der Waals surface area contributed by atoms with Gasteiger partial charge in [-0.1, -0.05) is 61.2 Å². The SMILES string of the molecule is C=C/C(=C\C=C\CNc1ccc(OC)cc1)c1ccccc1.CCO. The van der Waals surface area contributed by atoms with Gasteiger partial charge in [-0.15, -0.1) is 0 Å². The van der Waals surface area contributed by atoms with Crippen LogP contribution in [0.2, 0.25) is 0 Å². The number of methoxy groups -OCH3 is 1. The zero-order valence-electron chi connectivity index (χ0n) is 15.0. The molecule has 0 heterocycles. The van der Waals surface area contributed by atoms with E-state index >= 15 is 0 Å². The Morgan fingerprint density at radius 1 is 1.12 bits per heavy atom. The Morgan fingerprint density at radius 3 is 2.32 bits per heavy atom. The monoisotopic (exact) mass is 337 g/mol. The fraction of sp³-hybridized carbons (Fsp3) is 0.182. The van der Waals surface area contributed by atoms with Crippen molar-refractivity contribution < 1.29 is 9.84 Å². The minimum Gasteiger partial charge on any atom is -0.497 e. The third-order valence-corrected chi connectivity index (χ3v) is 3.25. The fourth-order valence-corrected chi connectivity index (χ4v) is 2.04. The lowest BCUT2D eigenvalue weighted by Crippen LogP contribution is -1.97. The summed E-state index contributed by atoms with van der Waals surface area (Å²) < 4.78 is 5.13. The highest BCUT2D eigenvalue weighted by Gasteiger charge is 1.94. The van der Waals surface area contributed by atoms with Crippen molar-refractivity contribution in [3.8, 4) is 5.75 Å². The Hall–Kier alpha value is -2.78. The van der Waals surface area contributed by atoms with Gasteiger partial charge in [-0.05, 0) is 42.3 Å². The van der Waals surface area contributed by atoms with E-state index in [1.165, 1.54) is 5.56 Å². The first-order valence-corrected chi connectivity index (χ1v) is 8.28. The van der Waals surface area contributed by atoms with E-state index in [1.807, 2.05) is 54.6 Å². The van der Waals surface area contributed by atoms with Crippen LogP contribution in [-0.2, 0) is 0 Å². The molecule has 0 unspecified atom stereocenters. The van der Waals surface area contributed by atoms with Gasteiger partial charge in [-0.2, -0.15) is 0 Å². The summed E-state index contributed by atoms with van der Waals surface area (Å²) in [5.74, 6) is 0.863. The van der Waals surface area contributed by atoms with Crippen LogP contribution in [0, 0.1) is 0 Å². The molecule has 0 aromatic heterocycles. The molecule has 2 aromatic rings. The van der Waals surface area contributed by atoms with E-state index in [0.717, 1.165) is 23.6 Å². The van der Waals surface area contributed by atoms with Crippen molar-refractivity contribution in [1.29, 1.82) is 0 Å². The number of nitrogens with one attached hydrogen (secondary N) is 1. The molecule has 0 aliphatic rings. The summed E-state index contributed by atoms with van der Waals surface area (Å²) in [7, 11) is 1.67. The highest BCUT2D eigenvalue weighted by atomic mass is 16.5. The van der Waals surface area contributed by atoms with Crippen molar-refractivity contribution in [2.45, 2.75) is 6.92 Å². The fourth-order valence-electron chi connectivity index (χ4n) is 2.04. The second kappa shape index (κ2) is 12.6. The molecule has 132 valence electrons. The molecule has 0 bridgehead atoms. The second-order valence-electron chi connectivity index (χ2n) is 5.05. The number of ether oxygens (including phenoxy) is 1. The Labute approximate surface area is 151 Å². The van der Waals surface area contributed by atoms with Crippen molar-refractivity contribution in [1.82, 2.24) is 0 Å². The maximum absolute atomic E-state index is 7.57. The molecule has 0 spiro atoms. The van der Waals surface area contributed by atoms with Gasteiger partial charge in [0.25, 0.3) is 0 Å². The molecule has 0 aliphatic heterocycles. The molecule has 0 radical (unpaired) electrons. The largest absolute Gasteiger partial charge is 0.497 e. The van der Waals surface area contributed by atoms with Gasteiger partial charge in [-0.3, -0.25) is 0 Å². The molecule has 3 nitrogen and oxygen atoms in total. The predicted octanol–water partition coefficient (Wildman–Crippen LogP) is 4.93.